The molecule has 26 heavy (non-hydrogen) atoms. The fourth-order valence-corrected chi connectivity index (χ4v) is 3.65. The van der Waals surface area contributed by atoms with Crippen molar-refractivity contribution in [2.75, 3.05) is 19.0 Å². The van der Waals surface area contributed by atoms with E-state index in [9.17, 15) is 4.79 Å². The molecule has 5 nitrogen and oxygen atoms in total. The Hall–Kier alpha value is -2.99. The summed E-state index contributed by atoms with van der Waals surface area (Å²) in [5.41, 5.74) is 2.09. The van der Waals surface area contributed by atoms with E-state index >= 15 is 0 Å². The molecule has 2 heterocycles. The zero-order valence-corrected chi connectivity index (χ0v) is 15.1. The number of para-hydroxylation sites is 1. The zero-order chi connectivity index (χ0) is 17.9. The SMILES string of the molecule is COc1cc2c(cc1NC(=O)NCCc1cccs1)oc1ccccc12. The van der Waals surface area contributed by atoms with Gasteiger partial charge in [-0.15, -0.1) is 11.3 Å². The number of rotatable bonds is 5. The molecule has 0 atom stereocenters. The standard InChI is InChI=1S/C20H18N2O3S/c1-24-19-11-15-14-6-2-3-7-17(14)25-18(15)12-16(19)22-20(23)21-9-8-13-5-4-10-26-13/h2-7,10-12H,8-9H2,1H3,(H2,21,22,23). The highest BCUT2D eigenvalue weighted by Crippen LogP contribution is 2.36. The molecule has 2 aromatic heterocycles. The van der Waals surface area contributed by atoms with Gasteiger partial charge in [0.2, 0.25) is 0 Å². The summed E-state index contributed by atoms with van der Waals surface area (Å²) >= 11 is 1.68. The maximum Gasteiger partial charge on any atom is 0.319 e. The maximum atomic E-state index is 12.2. The third kappa shape index (κ3) is 3.23. The minimum Gasteiger partial charge on any atom is -0.495 e. The number of methoxy groups -OCH3 is 1. The van der Waals surface area contributed by atoms with Gasteiger partial charge in [-0.2, -0.15) is 0 Å². The van der Waals surface area contributed by atoms with Gasteiger partial charge in [0.1, 0.15) is 16.9 Å². The molecule has 0 saturated carbocycles. The molecule has 0 aliphatic carbocycles. The van der Waals surface area contributed by atoms with Crippen LogP contribution in [0.1, 0.15) is 4.88 Å². The van der Waals surface area contributed by atoms with E-state index in [2.05, 4.69) is 16.7 Å². The molecule has 0 bridgehead atoms. The summed E-state index contributed by atoms with van der Waals surface area (Å²) in [6.45, 7) is 0.571. The molecular formula is C20H18N2O3S. The number of anilines is 1. The molecule has 0 aliphatic rings. The van der Waals surface area contributed by atoms with E-state index in [1.807, 2.05) is 41.8 Å². The summed E-state index contributed by atoms with van der Waals surface area (Å²) < 4.78 is 11.3. The minimum atomic E-state index is -0.268. The average molecular weight is 366 g/mol. The number of amides is 2. The normalized spacial score (nSPS) is 11.0. The first-order valence-electron chi connectivity index (χ1n) is 8.31. The van der Waals surface area contributed by atoms with Crippen molar-refractivity contribution < 1.29 is 13.9 Å². The highest BCUT2D eigenvalue weighted by Gasteiger charge is 2.13. The van der Waals surface area contributed by atoms with Crippen LogP contribution in [0.25, 0.3) is 21.9 Å². The van der Waals surface area contributed by atoms with Crippen LogP contribution in [-0.2, 0) is 6.42 Å². The lowest BCUT2D eigenvalue weighted by atomic mass is 10.1. The number of urea groups is 1. The molecule has 0 spiro atoms. The van der Waals surface area contributed by atoms with Gasteiger partial charge in [0.05, 0.1) is 12.8 Å². The van der Waals surface area contributed by atoms with Gasteiger partial charge in [0, 0.05) is 28.3 Å². The van der Waals surface area contributed by atoms with E-state index < -0.39 is 0 Å². The second-order valence-electron chi connectivity index (χ2n) is 5.86. The Morgan fingerprint density at radius 2 is 2.00 bits per heavy atom. The molecule has 2 aromatic carbocycles. The zero-order valence-electron chi connectivity index (χ0n) is 14.2. The first-order chi connectivity index (χ1) is 12.7. The fraction of sp³-hybridized carbons (Fsp3) is 0.150. The summed E-state index contributed by atoms with van der Waals surface area (Å²) in [7, 11) is 1.59. The van der Waals surface area contributed by atoms with Crippen LogP contribution >= 0.6 is 11.3 Å². The summed E-state index contributed by atoms with van der Waals surface area (Å²) in [5, 5.41) is 9.72. The minimum absolute atomic E-state index is 0.268. The van der Waals surface area contributed by atoms with Crippen molar-refractivity contribution in [1.82, 2.24) is 5.32 Å². The van der Waals surface area contributed by atoms with Crippen molar-refractivity contribution in [3.05, 3.63) is 58.8 Å². The van der Waals surface area contributed by atoms with E-state index in [0.29, 0.717) is 23.6 Å². The number of thiophene rings is 1. The van der Waals surface area contributed by atoms with Gasteiger partial charge in [-0.3, -0.25) is 0 Å². The van der Waals surface area contributed by atoms with E-state index in [1.54, 1.807) is 24.5 Å². The number of fused-ring (bicyclic) bond motifs is 3. The summed E-state index contributed by atoms with van der Waals surface area (Å²) in [6.07, 6.45) is 0.810. The first kappa shape index (κ1) is 16.5. The van der Waals surface area contributed by atoms with Crippen molar-refractivity contribution in [3.8, 4) is 5.75 Å². The molecule has 0 radical (unpaired) electrons. The number of hydrogen-bond donors (Lipinski definition) is 2. The average Bonchev–Trinajstić information content (AvgIpc) is 3.28. The van der Waals surface area contributed by atoms with Crippen molar-refractivity contribution >= 4 is 45.0 Å². The molecule has 2 N–H and O–H groups in total. The Labute approximate surface area is 154 Å². The molecule has 0 saturated heterocycles. The highest BCUT2D eigenvalue weighted by atomic mass is 32.1. The smallest absolute Gasteiger partial charge is 0.319 e. The van der Waals surface area contributed by atoms with Crippen LogP contribution < -0.4 is 15.4 Å². The molecule has 132 valence electrons. The van der Waals surface area contributed by atoms with Crippen LogP contribution in [0.5, 0.6) is 5.75 Å². The maximum absolute atomic E-state index is 12.2. The van der Waals surface area contributed by atoms with Crippen molar-refractivity contribution in [2.45, 2.75) is 6.42 Å². The monoisotopic (exact) mass is 366 g/mol. The van der Waals surface area contributed by atoms with Crippen LogP contribution in [-0.4, -0.2) is 19.7 Å². The molecule has 0 unspecified atom stereocenters. The highest BCUT2D eigenvalue weighted by molar-refractivity contribution is 7.09. The van der Waals surface area contributed by atoms with E-state index in [-0.39, 0.29) is 6.03 Å². The lowest BCUT2D eigenvalue weighted by Crippen LogP contribution is -2.30. The van der Waals surface area contributed by atoms with E-state index in [1.165, 1.54) is 4.88 Å². The molecule has 0 aliphatic heterocycles. The van der Waals surface area contributed by atoms with Gasteiger partial charge in [-0.25, -0.2) is 4.79 Å². The second-order valence-corrected chi connectivity index (χ2v) is 6.89. The fourth-order valence-electron chi connectivity index (χ4n) is 2.94. The Kier molecular flexibility index (Phi) is 4.50. The van der Waals surface area contributed by atoms with Crippen molar-refractivity contribution in [3.63, 3.8) is 0 Å². The predicted molar refractivity (Wildman–Crippen MR) is 105 cm³/mol. The Bertz CT molecular complexity index is 1050. The molecule has 4 aromatic rings. The Morgan fingerprint density at radius 3 is 2.81 bits per heavy atom. The lowest BCUT2D eigenvalue weighted by Gasteiger charge is -2.11. The van der Waals surface area contributed by atoms with Crippen LogP contribution in [0.3, 0.4) is 0 Å². The number of benzene rings is 2. The third-order valence-electron chi connectivity index (χ3n) is 4.18. The predicted octanol–water partition coefficient (Wildman–Crippen LogP) is 5.02. The number of hydrogen-bond acceptors (Lipinski definition) is 4. The number of carbonyl (C=O) groups is 1. The largest absolute Gasteiger partial charge is 0.495 e. The molecule has 6 heteroatoms. The number of carbonyl (C=O) groups excluding carboxylic acids is 1. The van der Waals surface area contributed by atoms with Gasteiger partial charge < -0.3 is 19.8 Å². The van der Waals surface area contributed by atoms with Gasteiger partial charge in [0.25, 0.3) is 0 Å². The Morgan fingerprint density at radius 1 is 1.12 bits per heavy atom. The number of furan rings is 1. The molecule has 4 rings (SSSR count). The van der Waals surface area contributed by atoms with Crippen LogP contribution in [0.2, 0.25) is 0 Å². The van der Waals surface area contributed by atoms with Crippen LogP contribution in [0.4, 0.5) is 10.5 Å². The Balaban J connectivity index is 1.53. The molecule has 2 amide bonds. The van der Waals surface area contributed by atoms with E-state index in [4.69, 9.17) is 9.15 Å². The van der Waals surface area contributed by atoms with E-state index in [0.717, 1.165) is 22.8 Å². The summed E-state index contributed by atoms with van der Waals surface area (Å²) in [4.78, 5) is 13.5. The first-order valence-corrected chi connectivity index (χ1v) is 9.19. The quantitative estimate of drug-likeness (QED) is 0.521. The van der Waals surface area contributed by atoms with Gasteiger partial charge in [-0.05, 0) is 30.0 Å². The van der Waals surface area contributed by atoms with Gasteiger partial charge >= 0.3 is 6.03 Å². The summed E-state index contributed by atoms with van der Waals surface area (Å²) in [6, 6.07) is 15.3. The number of nitrogens with one attached hydrogen (secondary N) is 2. The molecule has 0 fully saturated rings. The third-order valence-corrected chi connectivity index (χ3v) is 5.12. The van der Waals surface area contributed by atoms with Crippen LogP contribution in [0.15, 0.2) is 58.3 Å². The van der Waals surface area contributed by atoms with Gasteiger partial charge in [-0.1, -0.05) is 24.3 Å². The molecular weight excluding hydrogens is 348 g/mol. The number of ether oxygens (including phenoxy) is 1. The lowest BCUT2D eigenvalue weighted by molar-refractivity contribution is 0.252. The summed E-state index contributed by atoms with van der Waals surface area (Å²) in [5.74, 6) is 0.595. The topological polar surface area (TPSA) is 63.5 Å². The van der Waals surface area contributed by atoms with Crippen molar-refractivity contribution in [1.29, 1.82) is 0 Å². The van der Waals surface area contributed by atoms with Crippen LogP contribution in [0, 0.1) is 0 Å². The van der Waals surface area contributed by atoms with Crippen molar-refractivity contribution in [2.24, 2.45) is 0 Å². The van der Waals surface area contributed by atoms with Gasteiger partial charge in [0.15, 0.2) is 0 Å². The second kappa shape index (κ2) is 7.09.